The molecular formula is C11H16F2O3. The van der Waals surface area contributed by atoms with Crippen LogP contribution in [0.5, 0.6) is 0 Å². The fraction of sp³-hybridized carbons (Fsp3) is 0.818. The molecule has 1 atom stereocenters. The molecule has 16 heavy (non-hydrogen) atoms. The third kappa shape index (κ3) is 3.00. The number of alkyl halides is 2. The summed E-state index contributed by atoms with van der Waals surface area (Å²) in [5, 5.41) is 0. The molecule has 1 rings (SSSR count). The van der Waals surface area contributed by atoms with Gasteiger partial charge in [-0.05, 0) is 19.8 Å². The van der Waals surface area contributed by atoms with Gasteiger partial charge >= 0.3 is 11.9 Å². The van der Waals surface area contributed by atoms with E-state index in [0.29, 0.717) is 19.3 Å². The minimum atomic E-state index is -3.53. The fourth-order valence-electron chi connectivity index (χ4n) is 1.90. The van der Waals surface area contributed by atoms with Crippen LogP contribution in [0.25, 0.3) is 0 Å². The molecular weight excluding hydrogens is 218 g/mol. The lowest BCUT2D eigenvalue weighted by Gasteiger charge is -2.23. The van der Waals surface area contributed by atoms with Gasteiger partial charge in [-0.1, -0.05) is 6.42 Å². The van der Waals surface area contributed by atoms with Gasteiger partial charge in [0.25, 0.3) is 0 Å². The molecule has 1 aliphatic carbocycles. The highest BCUT2D eigenvalue weighted by Gasteiger charge is 2.49. The molecule has 3 nitrogen and oxygen atoms in total. The molecule has 1 saturated carbocycles. The number of carbonyl (C=O) groups is 2. The highest BCUT2D eigenvalue weighted by atomic mass is 19.3. The molecule has 0 aromatic rings. The first kappa shape index (κ1) is 13.1. The number of ketones is 1. The Labute approximate surface area is 93.2 Å². The Morgan fingerprint density at radius 1 is 1.50 bits per heavy atom. The molecule has 0 aliphatic heterocycles. The third-order valence-electron chi connectivity index (χ3n) is 2.79. The third-order valence-corrected chi connectivity index (χ3v) is 2.79. The number of ether oxygens (including phenoxy) is 1. The van der Waals surface area contributed by atoms with E-state index in [2.05, 4.69) is 4.74 Å². The maximum atomic E-state index is 13.6. The van der Waals surface area contributed by atoms with Crippen LogP contribution in [-0.2, 0) is 14.3 Å². The van der Waals surface area contributed by atoms with E-state index in [9.17, 15) is 18.4 Å². The van der Waals surface area contributed by atoms with Crippen molar-refractivity contribution >= 4 is 11.8 Å². The van der Waals surface area contributed by atoms with Gasteiger partial charge in [0.15, 0.2) is 0 Å². The molecule has 0 N–H and O–H groups in total. The van der Waals surface area contributed by atoms with Crippen molar-refractivity contribution in [1.29, 1.82) is 0 Å². The van der Waals surface area contributed by atoms with Gasteiger partial charge in [0.05, 0.1) is 6.61 Å². The van der Waals surface area contributed by atoms with Crippen LogP contribution in [0.15, 0.2) is 0 Å². The van der Waals surface area contributed by atoms with Crippen molar-refractivity contribution in [3.63, 3.8) is 0 Å². The maximum Gasteiger partial charge on any atom is 0.377 e. The van der Waals surface area contributed by atoms with Gasteiger partial charge in [-0.15, -0.1) is 0 Å². The molecule has 1 aliphatic rings. The molecule has 1 fully saturated rings. The number of hydrogen-bond donors (Lipinski definition) is 0. The number of esters is 1. The second-order valence-corrected chi connectivity index (χ2v) is 4.03. The summed E-state index contributed by atoms with van der Waals surface area (Å²) < 4.78 is 31.6. The van der Waals surface area contributed by atoms with Gasteiger partial charge in [0, 0.05) is 18.8 Å². The van der Waals surface area contributed by atoms with E-state index in [1.54, 1.807) is 0 Å². The van der Waals surface area contributed by atoms with E-state index in [0.717, 1.165) is 0 Å². The van der Waals surface area contributed by atoms with Crippen molar-refractivity contribution in [3.8, 4) is 0 Å². The Kier molecular flexibility index (Phi) is 4.38. The largest absolute Gasteiger partial charge is 0.462 e. The van der Waals surface area contributed by atoms with Crippen molar-refractivity contribution < 1.29 is 23.1 Å². The normalized spacial score (nSPS) is 22.7. The Morgan fingerprint density at radius 3 is 2.81 bits per heavy atom. The molecule has 0 saturated heterocycles. The minimum Gasteiger partial charge on any atom is -0.462 e. The predicted molar refractivity (Wildman–Crippen MR) is 53.2 cm³/mol. The van der Waals surface area contributed by atoms with Crippen molar-refractivity contribution in [2.75, 3.05) is 6.61 Å². The number of rotatable bonds is 3. The summed E-state index contributed by atoms with van der Waals surface area (Å²) in [6.07, 6.45) is 1.53. The molecule has 0 heterocycles. The smallest absolute Gasteiger partial charge is 0.377 e. The second-order valence-electron chi connectivity index (χ2n) is 4.03. The molecule has 1 unspecified atom stereocenters. The van der Waals surface area contributed by atoms with E-state index in [4.69, 9.17) is 0 Å². The zero-order valence-electron chi connectivity index (χ0n) is 9.30. The topological polar surface area (TPSA) is 43.4 Å². The maximum absolute atomic E-state index is 13.6. The molecule has 0 bridgehead atoms. The highest BCUT2D eigenvalue weighted by Crippen LogP contribution is 2.35. The molecule has 92 valence electrons. The molecule has 0 aromatic carbocycles. The lowest BCUT2D eigenvalue weighted by atomic mass is 9.92. The van der Waals surface area contributed by atoms with E-state index in [-0.39, 0.29) is 25.2 Å². The van der Waals surface area contributed by atoms with Crippen molar-refractivity contribution in [1.82, 2.24) is 0 Å². The van der Waals surface area contributed by atoms with Gasteiger partial charge in [0.1, 0.15) is 5.78 Å². The van der Waals surface area contributed by atoms with Crippen LogP contribution in [0.1, 0.15) is 39.0 Å². The van der Waals surface area contributed by atoms with E-state index >= 15 is 0 Å². The van der Waals surface area contributed by atoms with Gasteiger partial charge in [-0.2, -0.15) is 8.78 Å². The van der Waals surface area contributed by atoms with Crippen LogP contribution in [0.3, 0.4) is 0 Å². The predicted octanol–water partition coefficient (Wildman–Crippen LogP) is 2.33. The van der Waals surface area contributed by atoms with Gasteiger partial charge in [-0.25, -0.2) is 4.79 Å². The standard InChI is InChI=1S/C11H16F2O3/c1-2-16-10(15)11(12,13)8-5-3-4-6-9(14)7-8/h8H,2-7H2,1H3. The van der Waals surface area contributed by atoms with Crippen molar-refractivity contribution in [2.45, 2.75) is 45.0 Å². The summed E-state index contributed by atoms with van der Waals surface area (Å²) in [6.45, 7) is 1.40. The fourth-order valence-corrected chi connectivity index (χ4v) is 1.90. The van der Waals surface area contributed by atoms with Crippen molar-refractivity contribution in [3.05, 3.63) is 0 Å². The molecule has 0 spiro atoms. The quantitative estimate of drug-likeness (QED) is 0.556. The van der Waals surface area contributed by atoms with E-state index in [1.807, 2.05) is 0 Å². The Morgan fingerprint density at radius 2 is 2.19 bits per heavy atom. The van der Waals surface area contributed by atoms with E-state index < -0.39 is 17.8 Å². The number of carbonyl (C=O) groups excluding carboxylic acids is 2. The Hall–Kier alpha value is -1.00. The Bertz CT molecular complexity index is 276. The van der Waals surface area contributed by atoms with Crippen LogP contribution < -0.4 is 0 Å². The summed E-state index contributed by atoms with van der Waals surface area (Å²) in [5.74, 6) is -6.42. The molecule has 0 aromatic heterocycles. The SMILES string of the molecule is CCOC(=O)C(F)(F)C1CCCCC(=O)C1. The molecule has 5 heteroatoms. The minimum absolute atomic E-state index is 0.0743. The summed E-state index contributed by atoms with van der Waals surface area (Å²) in [6, 6.07) is 0. The van der Waals surface area contributed by atoms with Gasteiger partial charge in [-0.3, -0.25) is 4.79 Å². The van der Waals surface area contributed by atoms with E-state index in [1.165, 1.54) is 6.92 Å². The second kappa shape index (κ2) is 5.37. The number of hydrogen-bond acceptors (Lipinski definition) is 3. The van der Waals surface area contributed by atoms with Crippen LogP contribution >= 0.6 is 0 Å². The Balaban J connectivity index is 2.72. The number of Topliss-reactive ketones (excluding diaryl/α,β-unsaturated/α-hetero) is 1. The van der Waals surface area contributed by atoms with Crippen LogP contribution in [0, 0.1) is 5.92 Å². The summed E-state index contributed by atoms with van der Waals surface area (Å²) in [4.78, 5) is 22.3. The van der Waals surface area contributed by atoms with Gasteiger partial charge in [0.2, 0.25) is 0 Å². The first-order valence-corrected chi connectivity index (χ1v) is 5.55. The van der Waals surface area contributed by atoms with Crippen molar-refractivity contribution in [2.24, 2.45) is 5.92 Å². The molecule has 0 radical (unpaired) electrons. The zero-order chi connectivity index (χ0) is 12.2. The zero-order valence-corrected chi connectivity index (χ0v) is 9.30. The highest BCUT2D eigenvalue weighted by molar-refractivity contribution is 5.82. The lowest BCUT2D eigenvalue weighted by molar-refractivity contribution is -0.180. The first-order chi connectivity index (χ1) is 7.48. The average Bonchev–Trinajstić information content (AvgIpc) is 2.43. The van der Waals surface area contributed by atoms with Crippen LogP contribution in [-0.4, -0.2) is 24.3 Å². The van der Waals surface area contributed by atoms with Gasteiger partial charge < -0.3 is 4.74 Å². The molecule has 0 amide bonds. The summed E-state index contributed by atoms with van der Waals surface area (Å²) >= 11 is 0. The monoisotopic (exact) mass is 234 g/mol. The average molecular weight is 234 g/mol. The van der Waals surface area contributed by atoms with Crippen LogP contribution in [0.2, 0.25) is 0 Å². The lowest BCUT2D eigenvalue weighted by Crippen LogP contribution is -2.39. The summed E-state index contributed by atoms with van der Waals surface area (Å²) in [7, 11) is 0. The van der Waals surface area contributed by atoms with Crippen LogP contribution in [0.4, 0.5) is 8.78 Å². The first-order valence-electron chi connectivity index (χ1n) is 5.55. The number of halogens is 2. The summed E-state index contributed by atoms with van der Waals surface area (Å²) in [5.41, 5.74) is 0.